The Balaban J connectivity index is 1.61. The highest BCUT2D eigenvalue weighted by Crippen LogP contribution is 2.38. The van der Waals surface area contributed by atoms with E-state index in [9.17, 15) is 0 Å². The average Bonchev–Trinajstić information content (AvgIpc) is 3.02. The van der Waals surface area contributed by atoms with Gasteiger partial charge in [0.05, 0.1) is 0 Å². The summed E-state index contributed by atoms with van der Waals surface area (Å²) < 4.78 is 0. The maximum absolute atomic E-state index is 5.18. The lowest BCUT2D eigenvalue weighted by atomic mass is 10.1. The summed E-state index contributed by atoms with van der Waals surface area (Å²) in [5, 5.41) is 0. The smallest absolute Gasteiger partial charge is 0.240 e. The molecule has 0 saturated carbocycles. The van der Waals surface area contributed by atoms with Crippen LogP contribution in [0.15, 0.2) is 127 Å². The first-order valence-electron chi connectivity index (χ1n) is 14.1. The number of hydrogen-bond acceptors (Lipinski definition) is 5. The van der Waals surface area contributed by atoms with Crippen molar-refractivity contribution < 1.29 is 0 Å². The third-order valence-corrected chi connectivity index (χ3v) is 7.21. The van der Waals surface area contributed by atoms with Crippen LogP contribution in [0.4, 0.5) is 34.6 Å². The van der Waals surface area contributed by atoms with Crippen LogP contribution in [0.1, 0.15) is 22.3 Å². The van der Waals surface area contributed by atoms with E-state index < -0.39 is 0 Å². The highest BCUT2D eigenvalue weighted by Gasteiger charge is 2.23. The predicted molar refractivity (Wildman–Crippen MR) is 174 cm³/mol. The Morgan fingerprint density at radius 2 is 0.667 bits per heavy atom. The molecular formula is C37H33N5. The molecule has 0 spiro atoms. The van der Waals surface area contributed by atoms with Gasteiger partial charge in [0.15, 0.2) is 5.82 Å². The van der Waals surface area contributed by atoms with Gasteiger partial charge < -0.3 is 0 Å². The molecule has 1 heterocycles. The monoisotopic (exact) mass is 547 g/mol. The Kier molecular flexibility index (Phi) is 7.48. The molecule has 0 unspecified atom stereocenters. The standard InChI is InChI=1S/C37H33N5/c1-26-10-18-31(19-11-26)41(32-20-12-27(2)13-21-32)36-38-35(30-8-6-5-7-9-30)39-37(40-36)42(33-22-14-28(3)15-23-33)34-24-16-29(4)17-25-34/h5-25H,1-4H3. The minimum Gasteiger partial charge on any atom is -0.279 e. The maximum Gasteiger partial charge on any atom is 0.240 e. The fraction of sp³-hybridized carbons (Fsp3) is 0.108. The molecule has 0 radical (unpaired) electrons. The van der Waals surface area contributed by atoms with E-state index >= 15 is 0 Å². The topological polar surface area (TPSA) is 45.2 Å². The van der Waals surface area contributed by atoms with Crippen molar-refractivity contribution in [1.82, 2.24) is 15.0 Å². The summed E-state index contributed by atoms with van der Waals surface area (Å²) in [6, 6.07) is 43.9. The largest absolute Gasteiger partial charge is 0.279 e. The quantitative estimate of drug-likeness (QED) is 0.199. The van der Waals surface area contributed by atoms with Gasteiger partial charge in [-0.2, -0.15) is 15.0 Å². The van der Waals surface area contributed by atoms with Gasteiger partial charge in [-0.25, -0.2) is 0 Å². The number of aryl methyl sites for hydroxylation is 4. The van der Waals surface area contributed by atoms with Crippen molar-refractivity contribution in [3.05, 3.63) is 150 Å². The van der Waals surface area contributed by atoms with E-state index in [4.69, 9.17) is 15.0 Å². The predicted octanol–water partition coefficient (Wildman–Crippen LogP) is 9.71. The molecule has 0 amide bonds. The van der Waals surface area contributed by atoms with Gasteiger partial charge in [0.1, 0.15) is 0 Å². The van der Waals surface area contributed by atoms with Gasteiger partial charge >= 0.3 is 0 Å². The summed E-state index contributed by atoms with van der Waals surface area (Å²) >= 11 is 0. The van der Waals surface area contributed by atoms with Gasteiger partial charge in [-0.1, -0.05) is 101 Å². The van der Waals surface area contributed by atoms with Crippen LogP contribution >= 0.6 is 0 Å². The molecule has 5 aromatic carbocycles. The Morgan fingerprint density at radius 1 is 0.357 bits per heavy atom. The van der Waals surface area contributed by atoms with Crippen LogP contribution in [0.25, 0.3) is 11.4 Å². The van der Waals surface area contributed by atoms with Crippen LogP contribution in [0.5, 0.6) is 0 Å². The molecule has 0 fully saturated rings. The van der Waals surface area contributed by atoms with Crippen molar-refractivity contribution >= 4 is 34.6 Å². The lowest BCUT2D eigenvalue weighted by molar-refractivity contribution is 0.988. The number of anilines is 6. The van der Waals surface area contributed by atoms with Gasteiger partial charge in [0, 0.05) is 28.3 Å². The molecule has 0 aliphatic carbocycles. The van der Waals surface area contributed by atoms with Crippen molar-refractivity contribution in [2.45, 2.75) is 27.7 Å². The number of hydrogen-bond donors (Lipinski definition) is 0. The summed E-state index contributed by atoms with van der Waals surface area (Å²) in [5.41, 5.74) is 9.56. The van der Waals surface area contributed by atoms with Gasteiger partial charge in [0.25, 0.3) is 0 Å². The van der Waals surface area contributed by atoms with Crippen LogP contribution in [0, 0.1) is 27.7 Å². The number of nitrogens with zero attached hydrogens (tertiary/aromatic N) is 5. The zero-order chi connectivity index (χ0) is 29.1. The van der Waals surface area contributed by atoms with E-state index in [1.54, 1.807) is 0 Å². The van der Waals surface area contributed by atoms with E-state index in [1.165, 1.54) is 22.3 Å². The van der Waals surface area contributed by atoms with Gasteiger partial charge in [-0.05, 0) is 76.2 Å². The number of rotatable bonds is 7. The van der Waals surface area contributed by atoms with Crippen molar-refractivity contribution in [3.8, 4) is 11.4 Å². The highest BCUT2D eigenvalue weighted by atomic mass is 15.3. The van der Waals surface area contributed by atoms with Crippen molar-refractivity contribution in [3.63, 3.8) is 0 Å². The normalized spacial score (nSPS) is 10.9. The second-order valence-electron chi connectivity index (χ2n) is 10.6. The van der Waals surface area contributed by atoms with E-state index in [0.29, 0.717) is 17.7 Å². The Morgan fingerprint density at radius 3 is 0.976 bits per heavy atom. The van der Waals surface area contributed by atoms with Gasteiger partial charge in [-0.3, -0.25) is 9.80 Å². The lowest BCUT2D eigenvalue weighted by Gasteiger charge is -2.27. The summed E-state index contributed by atoms with van der Waals surface area (Å²) in [7, 11) is 0. The first-order valence-corrected chi connectivity index (χ1v) is 14.1. The number of aromatic nitrogens is 3. The SMILES string of the molecule is Cc1ccc(N(c2ccc(C)cc2)c2nc(-c3ccccc3)nc(N(c3ccc(C)cc3)c3ccc(C)cc3)n2)cc1. The molecule has 0 aliphatic rings. The molecule has 206 valence electrons. The third kappa shape index (κ3) is 5.77. The van der Waals surface area contributed by atoms with E-state index in [0.717, 1.165) is 28.3 Å². The van der Waals surface area contributed by atoms with E-state index in [1.807, 2.05) is 30.3 Å². The molecule has 0 saturated heterocycles. The fourth-order valence-electron chi connectivity index (χ4n) is 4.81. The molecule has 6 rings (SSSR count). The summed E-state index contributed by atoms with van der Waals surface area (Å²) in [5.74, 6) is 1.68. The molecule has 5 heteroatoms. The lowest BCUT2D eigenvalue weighted by Crippen LogP contribution is -2.19. The molecule has 0 N–H and O–H groups in total. The summed E-state index contributed by atoms with van der Waals surface area (Å²) in [6.07, 6.45) is 0. The molecule has 0 aliphatic heterocycles. The van der Waals surface area contributed by atoms with Crippen LogP contribution in [-0.2, 0) is 0 Å². The minimum atomic E-state index is 0.538. The molecule has 42 heavy (non-hydrogen) atoms. The summed E-state index contributed by atoms with van der Waals surface area (Å²) in [6.45, 7) is 8.37. The first-order chi connectivity index (χ1) is 20.4. The Bertz CT molecular complexity index is 1570. The summed E-state index contributed by atoms with van der Waals surface area (Å²) in [4.78, 5) is 19.5. The van der Waals surface area contributed by atoms with E-state index in [-0.39, 0.29) is 0 Å². The zero-order valence-electron chi connectivity index (χ0n) is 24.4. The molecule has 5 nitrogen and oxygen atoms in total. The van der Waals surface area contributed by atoms with Gasteiger partial charge in [-0.15, -0.1) is 0 Å². The number of benzene rings is 5. The Hall–Kier alpha value is -5.29. The maximum atomic E-state index is 5.18. The third-order valence-electron chi connectivity index (χ3n) is 7.21. The molecule has 1 aromatic heterocycles. The van der Waals surface area contributed by atoms with Gasteiger partial charge in [0.2, 0.25) is 11.9 Å². The van der Waals surface area contributed by atoms with E-state index in [2.05, 4.69) is 135 Å². The molecule has 0 atom stereocenters. The van der Waals surface area contributed by atoms with Crippen molar-refractivity contribution in [2.75, 3.05) is 9.80 Å². The van der Waals surface area contributed by atoms with Crippen molar-refractivity contribution in [2.24, 2.45) is 0 Å². The van der Waals surface area contributed by atoms with Crippen LogP contribution in [0.2, 0.25) is 0 Å². The van der Waals surface area contributed by atoms with Crippen LogP contribution in [-0.4, -0.2) is 15.0 Å². The second-order valence-corrected chi connectivity index (χ2v) is 10.6. The highest BCUT2D eigenvalue weighted by molar-refractivity contribution is 5.78. The zero-order valence-corrected chi connectivity index (χ0v) is 24.4. The first kappa shape index (κ1) is 26.9. The fourth-order valence-corrected chi connectivity index (χ4v) is 4.81. The van der Waals surface area contributed by atoms with Crippen LogP contribution < -0.4 is 9.80 Å². The van der Waals surface area contributed by atoms with Crippen molar-refractivity contribution in [1.29, 1.82) is 0 Å². The molecule has 6 aromatic rings. The minimum absolute atomic E-state index is 0.538. The Labute approximate surface area is 247 Å². The molecule has 0 bridgehead atoms. The second kappa shape index (κ2) is 11.7. The average molecular weight is 548 g/mol. The van der Waals surface area contributed by atoms with Crippen LogP contribution in [0.3, 0.4) is 0 Å². The molecular weight excluding hydrogens is 514 g/mol.